The Labute approximate surface area is 350 Å². The summed E-state index contributed by atoms with van der Waals surface area (Å²) < 4.78 is 0. The van der Waals surface area contributed by atoms with Crippen molar-refractivity contribution in [3.05, 3.63) is 241 Å². The number of hydrogen-bond acceptors (Lipinski definition) is 0. The summed E-state index contributed by atoms with van der Waals surface area (Å²) >= 11 is 0. The van der Waals surface area contributed by atoms with Crippen molar-refractivity contribution in [2.24, 2.45) is 0 Å². The zero-order valence-corrected chi connectivity index (χ0v) is 33.1. The van der Waals surface area contributed by atoms with Gasteiger partial charge in [-0.25, -0.2) is 0 Å². The first kappa shape index (κ1) is 35.4. The van der Waals surface area contributed by atoms with Gasteiger partial charge in [-0.05, 0) is 140 Å². The molecule has 0 saturated heterocycles. The van der Waals surface area contributed by atoms with Crippen molar-refractivity contribution in [3.63, 3.8) is 0 Å². The fourth-order valence-electron chi connectivity index (χ4n) is 9.00. The summed E-state index contributed by atoms with van der Waals surface area (Å²) in [5.41, 5.74) is 12.2. The minimum atomic E-state index is 1.19. The highest BCUT2D eigenvalue weighted by atomic mass is 14.2. The van der Waals surface area contributed by atoms with Gasteiger partial charge in [-0.15, -0.1) is 0 Å². The molecule has 11 aromatic carbocycles. The van der Waals surface area contributed by atoms with Gasteiger partial charge in [0.2, 0.25) is 0 Å². The van der Waals surface area contributed by atoms with Crippen molar-refractivity contribution in [1.29, 1.82) is 0 Å². The Morgan fingerprint density at radius 1 is 0.233 bits per heavy atom. The van der Waals surface area contributed by atoms with Crippen LogP contribution in [0.4, 0.5) is 0 Å². The van der Waals surface area contributed by atoms with E-state index in [1.165, 1.54) is 109 Å². The van der Waals surface area contributed by atoms with Crippen LogP contribution in [-0.4, -0.2) is 0 Å². The molecule has 0 nitrogen and oxygen atoms in total. The maximum atomic E-state index is 2.39. The average Bonchev–Trinajstić information content (AvgIpc) is 3.31. The largest absolute Gasteiger partial charge is 0.0622 e. The molecule has 0 aromatic heterocycles. The highest BCUT2D eigenvalue weighted by Gasteiger charge is 2.20. The Bertz CT molecular complexity index is 3460. The minimum absolute atomic E-state index is 1.19. The van der Waals surface area contributed by atoms with Crippen LogP contribution in [0.1, 0.15) is 22.3 Å². The summed E-state index contributed by atoms with van der Waals surface area (Å²) in [5.74, 6) is 0. The van der Waals surface area contributed by atoms with Crippen LogP contribution in [0.5, 0.6) is 0 Å². The van der Waals surface area contributed by atoms with Gasteiger partial charge in [0.25, 0.3) is 0 Å². The van der Waals surface area contributed by atoms with E-state index in [1.54, 1.807) is 0 Å². The van der Waals surface area contributed by atoms with Gasteiger partial charge >= 0.3 is 0 Å². The summed E-state index contributed by atoms with van der Waals surface area (Å²) in [7, 11) is 0. The molecule has 0 aliphatic carbocycles. The molecule has 11 rings (SSSR count). The molecule has 0 bridgehead atoms. The molecule has 0 fully saturated rings. The molecule has 0 spiro atoms. The van der Waals surface area contributed by atoms with E-state index in [9.17, 15) is 0 Å². The van der Waals surface area contributed by atoms with Crippen LogP contribution >= 0.6 is 0 Å². The molecule has 0 atom stereocenters. The number of rotatable bonds is 7. The topological polar surface area (TPSA) is 0 Å². The normalized spacial score (nSPS) is 11.9. The van der Waals surface area contributed by atoms with Crippen LogP contribution in [-0.2, 0) is 0 Å². The summed E-state index contributed by atoms with van der Waals surface area (Å²) in [6, 6.07) is 80.0. The van der Waals surface area contributed by atoms with Crippen molar-refractivity contribution in [1.82, 2.24) is 0 Å². The van der Waals surface area contributed by atoms with Gasteiger partial charge in [-0.3, -0.25) is 0 Å². The van der Waals surface area contributed by atoms with E-state index in [0.29, 0.717) is 0 Å². The second-order valence-electron chi connectivity index (χ2n) is 15.7. The zero-order valence-electron chi connectivity index (χ0n) is 33.1. The first-order valence-corrected chi connectivity index (χ1v) is 20.7. The molecule has 0 heterocycles. The molecular formula is C60H40. The van der Waals surface area contributed by atoms with Gasteiger partial charge < -0.3 is 0 Å². The molecule has 0 radical (unpaired) electrons. The smallest absolute Gasteiger partial charge is 0.00141 e. The fourth-order valence-corrected chi connectivity index (χ4v) is 9.00. The van der Waals surface area contributed by atoms with Crippen molar-refractivity contribution in [2.75, 3.05) is 0 Å². The third-order valence-corrected chi connectivity index (χ3v) is 12.0. The van der Waals surface area contributed by atoms with E-state index in [1.807, 2.05) is 0 Å². The third-order valence-electron chi connectivity index (χ3n) is 12.0. The lowest BCUT2D eigenvalue weighted by Gasteiger charge is -2.21. The monoisotopic (exact) mass is 760 g/mol. The second-order valence-corrected chi connectivity index (χ2v) is 15.7. The lowest BCUT2D eigenvalue weighted by Crippen LogP contribution is -1.94. The first-order chi connectivity index (χ1) is 29.7. The van der Waals surface area contributed by atoms with Crippen LogP contribution in [0.15, 0.2) is 218 Å². The van der Waals surface area contributed by atoms with Crippen LogP contribution in [0, 0.1) is 0 Å². The highest BCUT2D eigenvalue weighted by molar-refractivity contribution is 6.25. The summed E-state index contributed by atoms with van der Waals surface area (Å²) in [4.78, 5) is 0. The van der Waals surface area contributed by atoms with Crippen molar-refractivity contribution in [3.8, 4) is 33.4 Å². The maximum absolute atomic E-state index is 2.39. The van der Waals surface area contributed by atoms with Crippen LogP contribution in [0.2, 0.25) is 0 Å². The standard InChI is InChI=1S/C60H40/c1-3-12-41(13-4-1)22-24-43-26-28-49-39-52(34-31-47(49)36-43)58-55-18-9-10-19-56(55)59(60-54(20-11-21-57(58)60)51-33-30-45-16-7-8-17-46(45)38-51)53-35-32-48-37-44(27-29-50(48)40-53)25-23-42-14-5-2-6-15-42/h1-40H/b24-22+,25-23+. The van der Waals surface area contributed by atoms with Crippen LogP contribution in [0.25, 0.3) is 112 Å². The number of benzene rings is 11. The molecule has 11 aromatic rings. The molecular weight excluding hydrogens is 721 g/mol. The van der Waals surface area contributed by atoms with Gasteiger partial charge in [0.15, 0.2) is 0 Å². The molecule has 0 N–H and O–H groups in total. The van der Waals surface area contributed by atoms with Gasteiger partial charge in [0.05, 0.1) is 0 Å². The molecule has 0 saturated carbocycles. The van der Waals surface area contributed by atoms with Crippen molar-refractivity contribution < 1.29 is 0 Å². The number of fused-ring (bicyclic) bond motifs is 5. The van der Waals surface area contributed by atoms with Crippen LogP contribution in [0.3, 0.4) is 0 Å². The lowest BCUT2D eigenvalue weighted by atomic mass is 9.82. The van der Waals surface area contributed by atoms with Crippen molar-refractivity contribution >= 4 is 78.2 Å². The Hall–Kier alpha value is -7.80. The molecule has 60 heavy (non-hydrogen) atoms. The van der Waals surface area contributed by atoms with Crippen LogP contribution < -0.4 is 0 Å². The van der Waals surface area contributed by atoms with E-state index in [-0.39, 0.29) is 0 Å². The van der Waals surface area contributed by atoms with Gasteiger partial charge in [-0.2, -0.15) is 0 Å². The van der Waals surface area contributed by atoms with E-state index in [2.05, 4.69) is 243 Å². The van der Waals surface area contributed by atoms with E-state index >= 15 is 0 Å². The minimum Gasteiger partial charge on any atom is -0.0622 e. The Morgan fingerprint density at radius 3 is 1.28 bits per heavy atom. The summed E-state index contributed by atoms with van der Waals surface area (Å²) in [6.07, 6.45) is 8.76. The predicted octanol–water partition coefficient (Wildman–Crippen LogP) is 16.8. The average molecular weight is 761 g/mol. The fraction of sp³-hybridized carbons (Fsp3) is 0. The van der Waals surface area contributed by atoms with E-state index in [0.717, 1.165) is 0 Å². The maximum Gasteiger partial charge on any atom is -0.00141 e. The quantitative estimate of drug-likeness (QED) is 0.112. The molecule has 0 unspecified atom stereocenters. The second kappa shape index (κ2) is 15.2. The number of hydrogen-bond donors (Lipinski definition) is 0. The van der Waals surface area contributed by atoms with E-state index < -0.39 is 0 Å². The van der Waals surface area contributed by atoms with Gasteiger partial charge in [0, 0.05) is 0 Å². The molecule has 0 aliphatic rings. The highest BCUT2D eigenvalue weighted by Crippen LogP contribution is 2.48. The third kappa shape index (κ3) is 6.65. The SMILES string of the molecule is C(=C\c1ccc2cc(-c3c4ccccc4c(-c4ccc5cc(/C=C/c6ccccc6)ccc5c4)c4c(-c5ccc6ccccc6c5)cccc34)ccc2c1)/c1ccccc1. The summed E-state index contributed by atoms with van der Waals surface area (Å²) in [5, 5.41) is 12.4. The van der Waals surface area contributed by atoms with Gasteiger partial charge in [0.1, 0.15) is 0 Å². The van der Waals surface area contributed by atoms with Gasteiger partial charge in [-0.1, -0.05) is 212 Å². The first-order valence-electron chi connectivity index (χ1n) is 20.7. The summed E-state index contributed by atoms with van der Waals surface area (Å²) in [6.45, 7) is 0. The zero-order chi connectivity index (χ0) is 39.8. The molecule has 0 amide bonds. The molecule has 0 aliphatic heterocycles. The Balaban J connectivity index is 1.11. The Morgan fingerprint density at radius 2 is 0.650 bits per heavy atom. The molecule has 280 valence electrons. The molecule has 0 heteroatoms. The predicted molar refractivity (Wildman–Crippen MR) is 261 cm³/mol. The van der Waals surface area contributed by atoms with Crippen molar-refractivity contribution in [2.45, 2.75) is 0 Å². The van der Waals surface area contributed by atoms with E-state index in [4.69, 9.17) is 0 Å². The Kier molecular flexibility index (Phi) is 8.95. The lowest BCUT2D eigenvalue weighted by molar-refractivity contribution is 1.65.